The van der Waals surface area contributed by atoms with Gasteiger partial charge in [-0.3, -0.25) is 10.1 Å². The molecule has 1 atom stereocenters. The van der Waals surface area contributed by atoms with E-state index in [9.17, 15) is 14.9 Å². The van der Waals surface area contributed by atoms with Crippen molar-refractivity contribution >= 4 is 22.4 Å². The van der Waals surface area contributed by atoms with Crippen LogP contribution in [0.1, 0.15) is 11.0 Å². The molecule has 7 heteroatoms. The van der Waals surface area contributed by atoms with E-state index in [2.05, 4.69) is 5.32 Å². The van der Waals surface area contributed by atoms with Crippen LogP contribution >= 0.6 is 11.3 Å². The molecule has 1 N–H and O–H groups in total. The van der Waals surface area contributed by atoms with E-state index >= 15 is 0 Å². The highest BCUT2D eigenvalue weighted by molar-refractivity contribution is 7.15. The fourth-order valence-electron chi connectivity index (χ4n) is 1.16. The van der Waals surface area contributed by atoms with Crippen molar-refractivity contribution in [1.82, 2.24) is 5.32 Å². The van der Waals surface area contributed by atoms with E-state index in [1.54, 1.807) is 6.07 Å². The van der Waals surface area contributed by atoms with E-state index in [0.29, 0.717) is 11.4 Å². The van der Waals surface area contributed by atoms with E-state index < -0.39 is 11.0 Å². The molecule has 0 aliphatic carbocycles. The van der Waals surface area contributed by atoms with Gasteiger partial charge >= 0.3 is 11.1 Å². The number of nitrogens with zero attached hydrogens (tertiary/aromatic N) is 1. The smallest absolute Gasteiger partial charge is 0.407 e. The summed E-state index contributed by atoms with van der Waals surface area (Å²) in [4.78, 5) is 21.3. The standard InChI is InChI=1S/C7H6N2O4S/c10-7-8-3-4(13-7)5-1-2-6(14-5)9(11)12/h1-2,4H,3H2,(H,8,10). The van der Waals surface area contributed by atoms with Gasteiger partial charge in [-0.1, -0.05) is 11.3 Å². The van der Waals surface area contributed by atoms with Crippen LogP contribution in [-0.4, -0.2) is 17.6 Å². The summed E-state index contributed by atoms with van der Waals surface area (Å²) in [5.74, 6) is 0. The first-order chi connectivity index (χ1) is 6.66. The number of hydrogen-bond acceptors (Lipinski definition) is 5. The van der Waals surface area contributed by atoms with Gasteiger partial charge in [-0.25, -0.2) is 4.79 Å². The minimum absolute atomic E-state index is 0.0583. The summed E-state index contributed by atoms with van der Waals surface area (Å²) in [6, 6.07) is 3.01. The average Bonchev–Trinajstić information content (AvgIpc) is 2.70. The Kier molecular flexibility index (Phi) is 2.08. The first-order valence-corrected chi connectivity index (χ1v) is 4.67. The number of nitro groups is 1. The van der Waals surface area contributed by atoms with Crippen LogP contribution in [0.4, 0.5) is 9.80 Å². The molecule has 1 aromatic heterocycles. The van der Waals surface area contributed by atoms with Gasteiger partial charge in [-0.15, -0.1) is 0 Å². The van der Waals surface area contributed by atoms with Gasteiger partial charge in [0.25, 0.3) is 0 Å². The van der Waals surface area contributed by atoms with Crippen molar-refractivity contribution in [3.8, 4) is 0 Å². The highest BCUT2D eigenvalue weighted by atomic mass is 32.1. The van der Waals surface area contributed by atoms with E-state index in [1.165, 1.54) is 6.07 Å². The summed E-state index contributed by atoms with van der Waals surface area (Å²) in [5, 5.41) is 12.9. The molecule has 1 saturated heterocycles. The molecule has 1 aliphatic rings. The number of ether oxygens (including phenoxy) is 1. The number of carbonyl (C=O) groups excluding carboxylic acids is 1. The Balaban J connectivity index is 2.17. The van der Waals surface area contributed by atoms with Crippen molar-refractivity contribution in [2.75, 3.05) is 6.54 Å². The molecule has 0 bridgehead atoms. The maximum atomic E-state index is 10.7. The zero-order chi connectivity index (χ0) is 10.1. The number of cyclic esters (lactones) is 1. The van der Waals surface area contributed by atoms with Gasteiger partial charge in [0.2, 0.25) is 0 Å². The molecule has 1 aliphatic heterocycles. The minimum Gasteiger partial charge on any atom is -0.439 e. The van der Waals surface area contributed by atoms with Gasteiger partial charge in [0.05, 0.1) is 16.3 Å². The minimum atomic E-state index is -0.481. The van der Waals surface area contributed by atoms with Gasteiger partial charge in [-0.2, -0.15) is 0 Å². The monoisotopic (exact) mass is 214 g/mol. The van der Waals surface area contributed by atoms with E-state index in [0.717, 1.165) is 11.3 Å². The maximum Gasteiger partial charge on any atom is 0.407 e. The molecule has 1 fully saturated rings. The molecule has 6 nitrogen and oxygen atoms in total. The van der Waals surface area contributed by atoms with Crippen molar-refractivity contribution in [2.45, 2.75) is 6.10 Å². The van der Waals surface area contributed by atoms with Crippen LogP contribution in [-0.2, 0) is 4.74 Å². The second-order valence-corrected chi connectivity index (χ2v) is 3.80. The molecule has 1 amide bonds. The number of nitrogens with one attached hydrogen (secondary N) is 1. The van der Waals surface area contributed by atoms with Crippen LogP contribution in [0.2, 0.25) is 0 Å². The van der Waals surface area contributed by atoms with E-state index in [1.807, 2.05) is 0 Å². The van der Waals surface area contributed by atoms with Crippen LogP contribution < -0.4 is 5.32 Å². The molecule has 0 spiro atoms. The topological polar surface area (TPSA) is 81.5 Å². The lowest BCUT2D eigenvalue weighted by Gasteiger charge is -2.01. The second-order valence-electron chi connectivity index (χ2n) is 2.71. The lowest BCUT2D eigenvalue weighted by Crippen LogP contribution is -2.12. The first-order valence-electron chi connectivity index (χ1n) is 3.85. The maximum absolute atomic E-state index is 10.7. The highest BCUT2D eigenvalue weighted by Crippen LogP contribution is 2.31. The zero-order valence-electron chi connectivity index (χ0n) is 6.93. The van der Waals surface area contributed by atoms with Gasteiger partial charge in [0, 0.05) is 6.07 Å². The van der Waals surface area contributed by atoms with Crippen molar-refractivity contribution in [2.24, 2.45) is 0 Å². The molecule has 1 aromatic rings. The van der Waals surface area contributed by atoms with Gasteiger partial charge < -0.3 is 10.1 Å². The Labute approximate surface area is 82.6 Å². The number of thiophene rings is 1. The molecule has 74 valence electrons. The van der Waals surface area contributed by atoms with E-state index in [4.69, 9.17) is 4.74 Å². The summed E-state index contributed by atoms with van der Waals surface area (Å²) in [5.41, 5.74) is 0. The number of alkyl carbamates (subject to hydrolysis) is 1. The molecular weight excluding hydrogens is 208 g/mol. The predicted molar refractivity (Wildman–Crippen MR) is 48.2 cm³/mol. The number of carbonyl (C=O) groups is 1. The van der Waals surface area contributed by atoms with Crippen LogP contribution in [0, 0.1) is 10.1 Å². The van der Waals surface area contributed by atoms with Crippen molar-refractivity contribution in [1.29, 1.82) is 0 Å². The van der Waals surface area contributed by atoms with Gasteiger partial charge in [-0.05, 0) is 6.07 Å². The summed E-state index contributed by atoms with van der Waals surface area (Å²) >= 11 is 1.02. The number of amides is 1. The van der Waals surface area contributed by atoms with Gasteiger partial charge in [0.15, 0.2) is 6.10 Å². The normalized spacial score (nSPS) is 20.3. The Morgan fingerprint density at radius 2 is 2.43 bits per heavy atom. The number of rotatable bonds is 2. The van der Waals surface area contributed by atoms with Crippen molar-refractivity contribution < 1.29 is 14.5 Å². The Bertz CT molecular complexity index is 389. The van der Waals surface area contributed by atoms with E-state index in [-0.39, 0.29) is 11.1 Å². The Morgan fingerprint density at radius 3 is 2.93 bits per heavy atom. The lowest BCUT2D eigenvalue weighted by atomic mass is 10.3. The predicted octanol–water partition coefficient (Wildman–Crippen LogP) is 1.44. The molecule has 0 radical (unpaired) electrons. The average molecular weight is 214 g/mol. The molecule has 0 aromatic carbocycles. The second kappa shape index (κ2) is 3.26. The fraction of sp³-hybridized carbons (Fsp3) is 0.286. The summed E-state index contributed by atoms with van der Waals surface area (Å²) in [7, 11) is 0. The molecule has 1 unspecified atom stereocenters. The van der Waals surface area contributed by atoms with Crippen LogP contribution in [0.15, 0.2) is 12.1 Å². The first kappa shape index (κ1) is 8.95. The van der Waals surface area contributed by atoms with Gasteiger partial charge in [0.1, 0.15) is 0 Å². The van der Waals surface area contributed by atoms with Crippen LogP contribution in [0.25, 0.3) is 0 Å². The Morgan fingerprint density at radius 1 is 1.64 bits per heavy atom. The third kappa shape index (κ3) is 1.53. The molecular formula is C7H6N2O4S. The summed E-state index contributed by atoms with van der Waals surface area (Å²) in [6.45, 7) is 0.372. The number of hydrogen-bond donors (Lipinski definition) is 1. The third-order valence-electron chi connectivity index (χ3n) is 1.79. The van der Waals surface area contributed by atoms with Crippen molar-refractivity contribution in [3.05, 3.63) is 27.1 Å². The van der Waals surface area contributed by atoms with Crippen LogP contribution in [0.3, 0.4) is 0 Å². The largest absolute Gasteiger partial charge is 0.439 e. The van der Waals surface area contributed by atoms with Crippen molar-refractivity contribution in [3.63, 3.8) is 0 Å². The zero-order valence-corrected chi connectivity index (χ0v) is 7.74. The molecule has 0 saturated carbocycles. The van der Waals surface area contributed by atoms with Crippen LogP contribution in [0.5, 0.6) is 0 Å². The lowest BCUT2D eigenvalue weighted by molar-refractivity contribution is -0.380. The Hall–Kier alpha value is -1.63. The summed E-state index contributed by atoms with van der Waals surface area (Å²) < 4.78 is 4.88. The molecule has 2 heterocycles. The quantitative estimate of drug-likeness (QED) is 0.596. The SMILES string of the molecule is O=C1NCC(c2ccc([N+](=O)[O-])s2)O1. The molecule has 2 rings (SSSR count). The highest BCUT2D eigenvalue weighted by Gasteiger charge is 2.26. The fourth-order valence-corrected chi connectivity index (χ4v) is 2.01. The molecule has 14 heavy (non-hydrogen) atoms. The summed E-state index contributed by atoms with van der Waals surface area (Å²) in [6.07, 6.45) is -0.868. The third-order valence-corrected chi connectivity index (χ3v) is 2.92.